The fourth-order valence-electron chi connectivity index (χ4n) is 4.24. The fraction of sp³-hybridized carbons (Fsp3) is 0.250. The van der Waals surface area contributed by atoms with E-state index in [1.807, 2.05) is 37.3 Å². The normalized spacial score (nSPS) is 13.8. The molecule has 5 rings (SSSR count). The Morgan fingerprint density at radius 3 is 2.72 bits per heavy atom. The van der Waals surface area contributed by atoms with E-state index in [9.17, 15) is 4.79 Å². The van der Waals surface area contributed by atoms with Gasteiger partial charge in [-0.1, -0.05) is 36.4 Å². The van der Waals surface area contributed by atoms with E-state index >= 15 is 0 Å². The van der Waals surface area contributed by atoms with Crippen LogP contribution >= 0.6 is 0 Å². The van der Waals surface area contributed by atoms with E-state index in [0.717, 1.165) is 53.4 Å². The van der Waals surface area contributed by atoms with Crippen molar-refractivity contribution < 1.29 is 4.79 Å². The third-order valence-corrected chi connectivity index (χ3v) is 5.86. The van der Waals surface area contributed by atoms with Gasteiger partial charge in [0.25, 0.3) is 5.91 Å². The maximum absolute atomic E-state index is 11.9. The maximum atomic E-state index is 11.9. The number of primary amides is 1. The lowest BCUT2D eigenvalue weighted by atomic mass is 10.1. The summed E-state index contributed by atoms with van der Waals surface area (Å²) in [7, 11) is 2.11. The smallest absolute Gasteiger partial charge is 0.267 e. The fourth-order valence-corrected chi connectivity index (χ4v) is 4.24. The molecule has 1 aliphatic heterocycles. The highest BCUT2D eigenvalue weighted by molar-refractivity contribution is 5.93. The van der Waals surface area contributed by atoms with Crippen LogP contribution in [-0.4, -0.2) is 44.0 Å². The van der Waals surface area contributed by atoms with Crippen molar-refractivity contribution in [1.82, 2.24) is 24.5 Å². The molecule has 0 saturated heterocycles. The van der Waals surface area contributed by atoms with Gasteiger partial charge in [-0.15, -0.1) is 0 Å². The van der Waals surface area contributed by atoms with E-state index in [0.29, 0.717) is 18.1 Å². The molecule has 0 aliphatic carbocycles. The molecule has 162 valence electrons. The molecule has 8 heteroatoms. The molecule has 3 N–H and O–H groups in total. The quantitative estimate of drug-likeness (QED) is 0.508. The number of carbonyl (C=O) groups is 1. The standard InChI is InChI=1S/C24H25N7O/c1-15-21(19-9-6-10-20(22(25)32)31(19)29-15)24-27-18-11-12-30(2)14-17(18)23(28-24)26-13-16-7-4-3-5-8-16/h3-10H,11-14H2,1-2H3,(H2,25,32)(H,26,27,28). The Balaban J connectivity index is 1.63. The third kappa shape index (κ3) is 3.58. The van der Waals surface area contributed by atoms with E-state index in [4.69, 9.17) is 15.7 Å². The van der Waals surface area contributed by atoms with Gasteiger partial charge in [-0.3, -0.25) is 4.79 Å². The first-order valence-electron chi connectivity index (χ1n) is 10.7. The van der Waals surface area contributed by atoms with Gasteiger partial charge >= 0.3 is 0 Å². The number of nitrogens with zero attached hydrogens (tertiary/aromatic N) is 5. The Hall–Kier alpha value is -3.78. The number of rotatable bonds is 5. The van der Waals surface area contributed by atoms with Crippen molar-refractivity contribution in [2.45, 2.75) is 26.4 Å². The number of aromatic nitrogens is 4. The van der Waals surface area contributed by atoms with Crippen LogP contribution in [0.25, 0.3) is 16.9 Å². The minimum Gasteiger partial charge on any atom is -0.366 e. The number of likely N-dealkylation sites (N-methyl/N-ethyl adjacent to an activating group) is 1. The Morgan fingerprint density at radius 1 is 1.12 bits per heavy atom. The van der Waals surface area contributed by atoms with Gasteiger partial charge in [-0.05, 0) is 31.7 Å². The molecule has 4 aromatic rings. The summed E-state index contributed by atoms with van der Waals surface area (Å²) in [5, 5.41) is 8.10. The van der Waals surface area contributed by atoms with Crippen molar-refractivity contribution in [2.75, 3.05) is 18.9 Å². The van der Waals surface area contributed by atoms with Crippen LogP contribution in [0.4, 0.5) is 5.82 Å². The molecular weight excluding hydrogens is 402 g/mol. The Kier molecular flexibility index (Phi) is 5.07. The summed E-state index contributed by atoms with van der Waals surface area (Å²) in [6.07, 6.45) is 0.853. The SMILES string of the molecule is Cc1nn2c(C(N)=O)cccc2c1-c1nc2c(c(NCc3ccccc3)n1)CN(C)CC2. The Labute approximate surface area is 186 Å². The molecule has 1 amide bonds. The summed E-state index contributed by atoms with van der Waals surface area (Å²) in [5.74, 6) is 0.924. The summed E-state index contributed by atoms with van der Waals surface area (Å²) >= 11 is 0. The van der Waals surface area contributed by atoms with Crippen LogP contribution in [0.3, 0.4) is 0 Å². The molecule has 8 nitrogen and oxygen atoms in total. The summed E-state index contributed by atoms with van der Waals surface area (Å²) in [4.78, 5) is 24.0. The van der Waals surface area contributed by atoms with E-state index < -0.39 is 5.91 Å². The van der Waals surface area contributed by atoms with Crippen molar-refractivity contribution in [2.24, 2.45) is 5.73 Å². The van der Waals surface area contributed by atoms with Gasteiger partial charge in [0, 0.05) is 31.6 Å². The van der Waals surface area contributed by atoms with Gasteiger partial charge in [0.05, 0.1) is 22.5 Å². The average Bonchev–Trinajstić information content (AvgIpc) is 3.13. The molecule has 0 radical (unpaired) electrons. The number of benzene rings is 1. The van der Waals surface area contributed by atoms with Gasteiger partial charge in [0.1, 0.15) is 11.5 Å². The predicted octanol–water partition coefficient (Wildman–Crippen LogP) is 2.80. The molecule has 0 atom stereocenters. The minimum atomic E-state index is -0.524. The van der Waals surface area contributed by atoms with Crippen molar-refractivity contribution in [1.29, 1.82) is 0 Å². The number of fused-ring (bicyclic) bond motifs is 2. The number of hydrogen-bond acceptors (Lipinski definition) is 6. The summed E-state index contributed by atoms with van der Waals surface area (Å²) < 4.78 is 1.58. The lowest BCUT2D eigenvalue weighted by Crippen LogP contribution is -2.29. The highest BCUT2D eigenvalue weighted by Gasteiger charge is 2.24. The number of nitrogens with two attached hydrogens (primary N) is 1. The molecule has 0 fully saturated rings. The first kappa shape index (κ1) is 20.1. The topological polar surface area (TPSA) is 101 Å². The molecular formula is C24H25N7O. The number of aryl methyl sites for hydroxylation is 1. The molecule has 0 unspecified atom stereocenters. The van der Waals surface area contributed by atoms with Crippen LogP contribution < -0.4 is 11.1 Å². The first-order valence-corrected chi connectivity index (χ1v) is 10.7. The van der Waals surface area contributed by atoms with Gasteiger partial charge in [-0.25, -0.2) is 14.5 Å². The Bertz CT molecular complexity index is 1310. The summed E-state index contributed by atoms with van der Waals surface area (Å²) in [5.41, 5.74) is 11.6. The third-order valence-electron chi connectivity index (χ3n) is 5.86. The molecule has 0 spiro atoms. The van der Waals surface area contributed by atoms with E-state index in [1.54, 1.807) is 10.6 Å². The largest absolute Gasteiger partial charge is 0.366 e. The number of pyridine rings is 1. The predicted molar refractivity (Wildman–Crippen MR) is 123 cm³/mol. The van der Waals surface area contributed by atoms with E-state index in [-0.39, 0.29) is 0 Å². The maximum Gasteiger partial charge on any atom is 0.267 e. The highest BCUT2D eigenvalue weighted by atomic mass is 16.1. The van der Waals surface area contributed by atoms with Gasteiger partial charge < -0.3 is 16.0 Å². The van der Waals surface area contributed by atoms with Crippen molar-refractivity contribution in [3.63, 3.8) is 0 Å². The zero-order chi connectivity index (χ0) is 22.2. The van der Waals surface area contributed by atoms with Gasteiger partial charge in [-0.2, -0.15) is 5.10 Å². The zero-order valence-electron chi connectivity index (χ0n) is 18.2. The number of anilines is 1. The number of hydrogen-bond donors (Lipinski definition) is 2. The van der Waals surface area contributed by atoms with Crippen LogP contribution in [0.1, 0.15) is 33.0 Å². The molecule has 1 aromatic carbocycles. The van der Waals surface area contributed by atoms with Crippen molar-refractivity contribution in [3.05, 3.63) is 76.7 Å². The van der Waals surface area contributed by atoms with Gasteiger partial charge in [0.15, 0.2) is 5.82 Å². The number of carbonyl (C=O) groups excluding carboxylic acids is 1. The van der Waals surface area contributed by atoms with E-state index in [1.165, 1.54) is 5.56 Å². The molecule has 3 aromatic heterocycles. The lowest BCUT2D eigenvalue weighted by Gasteiger charge is -2.26. The number of nitrogens with one attached hydrogen (secondary N) is 1. The molecule has 1 aliphatic rings. The zero-order valence-corrected chi connectivity index (χ0v) is 18.2. The minimum absolute atomic E-state index is 0.332. The summed E-state index contributed by atoms with van der Waals surface area (Å²) in [6, 6.07) is 15.6. The highest BCUT2D eigenvalue weighted by Crippen LogP contribution is 2.31. The Morgan fingerprint density at radius 2 is 1.94 bits per heavy atom. The second kappa shape index (κ2) is 8.05. The second-order valence-electron chi connectivity index (χ2n) is 8.18. The van der Waals surface area contributed by atoms with Crippen LogP contribution in [0.15, 0.2) is 48.5 Å². The molecule has 4 heterocycles. The molecule has 32 heavy (non-hydrogen) atoms. The monoisotopic (exact) mass is 427 g/mol. The lowest BCUT2D eigenvalue weighted by molar-refractivity contribution is 0.0993. The van der Waals surface area contributed by atoms with Gasteiger partial charge in [0.2, 0.25) is 0 Å². The second-order valence-corrected chi connectivity index (χ2v) is 8.18. The number of amides is 1. The first-order chi connectivity index (χ1) is 15.5. The average molecular weight is 428 g/mol. The summed E-state index contributed by atoms with van der Waals surface area (Å²) in [6.45, 7) is 4.32. The van der Waals surface area contributed by atoms with Crippen molar-refractivity contribution >= 4 is 17.2 Å². The van der Waals surface area contributed by atoms with E-state index in [2.05, 4.69) is 34.5 Å². The van der Waals surface area contributed by atoms with Crippen LogP contribution in [0, 0.1) is 6.92 Å². The van der Waals surface area contributed by atoms with Crippen LogP contribution in [-0.2, 0) is 19.5 Å². The van der Waals surface area contributed by atoms with Crippen molar-refractivity contribution in [3.8, 4) is 11.4 Å². The molecule has 0 saturated carbocycles. The van der Waals surface area contributed by atoms with Crippen LogP contribution in [0.5, 0.6) is 0 Å². The van der Waals surface area contributed by atoms with Crippen LogP contribution in [0.2, 0.25) is 0 Å². The molecule has 0 bridgehead atoms.